The average Bonchev–Trinajstić information content (AvgIpc) is 3.36. The topological polar surface area (TPSA) is 112 Å². The molecule has 0 radical (unpaired) electrons. The van der Waals surface area contributed by atoms with Gasteiger partial charge in [-0.2, -0.15) is 10.1 Å². The van der Waals surface area contributed by atoms with Crippen LogP contribution in [0, 0.1) is 5.82 Å². The minimum atomic E-state index is -0.451. The van der Waals surface area contributed by atoms with Crippen LogP contribution in [0.25, 0.3) is 10.9 Å². The lowest BCUT2D eigenvalue weighted by atomic mass is 10.0. The zero-order valence-corrected chi connectivity index (χ0v) is 19.0. The molecule has 1 atom stereocenters. The van der Waals surface area contributed by atoms with Gasteiger partial charge in [0.1, 0.15) is 17.2 Å². The largest absolute Gasteiger partial charge is 0.381 e. The minimum absolute atomic E-state index is 0.0752. The Morgan fingerprint density at radius 1 is 1.20 bits per heavy atom. The number of fused-ring (bicyclic) bond motifs is 2. The number of carbonyl (C=O) groups is 1. The maximum absolute atomic E-state index is 14.5. The molecular weight excluding hydrogens is 451 g/mol. The number of anilines is 5. The summed E-state index contributed by atoms with van der Waals surface area (Å²) in [6.07, 6.45) is 8.08. The van der Waals surface area contributed by atoms with Gasteiger partial charge in [-0.25, -0.2) is 9.37 Å². The van der Waals surface area contributed by atoms with Crippen molar-refractivity contribution in [2.75, 3.05) is 28.3 Å². The maximum atomic E-state index is 14.5. The van der Waals surface area contributed by atoms with E-state index in [0.717, 1.165) is 12.8 Å². The van der Waals surface area contributed by atoms with Crippen molar-refractivity contribution >= 4 is 45.6 Å². The van der Waals surface area contributed by atoms with Crippen molar-refractivity contribution in [1.82, 2.24) is 25.1 Å². The standard InChI is InChI=1S/C24H23FN8O2/c1-14-23(34)33(18-3-2-6-26-12-18)20-13-27-24(30-22(20)32(14)17-4-7-35-8-5-17)29-16-9-15-11-28-31-21(15)19(25)10-16/h2-3,6,9-14,17H,4-5,7-8H2,1H3,(H,28,31)(H,27,29,30)/t14-/m1/s1. The number of rotatable bonds is 4. The number of H-pyrrole nitrogens is 1. The molecule has 35 heavy (non-hydrogen) atoms. The molecule has 10 nitrogen and oxygen atoms in total. The molecule has 0 unspecified atom stereocenters. The molecule has 0 bridgehead atoms. The predicted molar refractivity (Wildman–Crippen MR) is 129 cm³/mol. The second kappa shape index (κ2) is 8.58. The van der Waals surface area contributed by atoms with E-state index in [2.05, 4.69) is 30.4 Å². The van der Waals surface area contributed by atoms with Gasteiger partial charge in [0, 0.05) is 36.5 Å². The summed E-state index contributed by atoms with van der Waals surface area (Å²) >= 11 is 0. The number of aromatic nitrogens is 5. The number of hydrogen-bond donors (Lipinski definition) is 2. The zero-order chi connectivity index (χ0) is 23.9. The van der Waals surface area contributed by atoms with Gasteiger partial charge in [0.2, 0.25) is 5.95 Å². The van der Waals surface area contributed by atoms with Crippen molar-refractivity contribution in [3.05, 3.63) is 54.9 Å². The highest BCUT2D eigenvalue weighted by Crippen LogP contribution is 2.41. The summed E-state index contributed by atoms with van der Waals surface area (Å²) in [5.74, 6) is 0.436. The number of carbonyl (C=O) groups excluding carboxylic acids is 1. The van der Waals surface area contributed by atoms with Crippen molar-refractivity contribution < 1.29 is 13.9 Å². The lowest BCUT2D eigenvalue weighted by molar-refractivity contribution is -0.119. The van der Waals surface area contributed by atoms with Gasteiger partial charge in [0.25, 0.3) is 5.91 Å². The number of nitrogens with zero attached hydrogens (tertiary/aromatic N) is 6. The van der Waals surface area contributed by atoms with Gasteiger partial charge in [-0.1, -0.05) is 0 Å². The summed E-state index contributed by atoms with van der Waals surface area (Å²) in [6.45, 7) is 3.15. The molecule has 1 fully saturated rings. The Morgan fingerprint density at radius 3 is 2.86 bits per heavy atom. The number of benzene rings is 1. The van der Waals surface area contributed by atoms with Gasteiger partial charge in [0.05, 0.1) is 24.3 Å². The van der Waals surface area contributed by atoms with Gasteiger partial charge in [-0.15, -0.1) is 0 Å². The summed E-state index contributed by atoms with van der Waals surface area (Å²) in [7, 11) is 0. The van der Waals surface area contributed by atoms with Gasteiger partial charge in [-0.05, 0) is 44.0 Å². The zero-order valence-electron chi connectivity index (χ0n) is 19.0. The molecule has 11 heteroatoms. The van der Waals surface area contributed by atoms with Crippen LogP contribution in [0.3, 0.4) is 0 Å². The first kappa shape index (κ1) is 21.4. The number of hydrogen-bond acceptors (Lipinski definition) is 8. The molecule has 0 aliphatic carbocycles. The second-order valence-corrected chi connectivity index (χ2v) is 8.63. The molecule has 4 aromatic rings. The predicted octanol–water partition coefficient (Wildman–Crippen LogP) is 3.68. The normalized spacial score (nSPS) is 18.7. The van der Waals surface area contributed by atoms with E-state index in [1.165, 1.54) is 6.07 Å². The van der Waals surface area contributed by atoms with Crippen LogP contribution in [-0.2, 0) is 9.53 Å². The smallest absolute Gasteiger partial charge is 0.254 e. The molecule has 6 rings (SSSR count). The van der Waals surface area contributed by atoms with Gasteiger partial charge in [-0.3, -0.25) is 19.8 Å². The van der Waals surface area contributed by atoms with Crippen molar-refractivity contribution in [2.24, 2.45) is 0 Å². The molecule has 2 aliphatic rings. The van der Waals surface area contributed by atoms with Crippen LogP contribution < -0.4 is 15.1 Å². The first-order valence-corrected chi connectivity index (χ1v) is 11.5. The Hall–Kier alpha value is -4.12. The third-order valence-corrected chi connectivity index (χ3v) is 6.48. The maximum Gasteiger partial charge on any atom is 0.254 e. The molecule has 2 aliphatic heterocycles. The Labute approximate surface area is 200 Å². The van der Waals surface area contributed by atoms with Crippen molar-refractivity contribution in [2.45, 2.75) is 31.8 Å². The van der Waals surface area contributed by atoms with Crippen LogP contribution >= 0.6 is 0 Å². The summed E-state index contributed by atoms with van der Waals surface area (Å²) in [5, 5.41) is 10.3. The lowest BCUT2D eigenvalue weighted by Crippen LogP contribution is -2.56. The lowest BCUT2D eigenvalue weighted by Gasteiger charge is -2.45. The first-order chi connectivity index (χ1) is 17.1. The third-order valence-electron chi connectivity index (χ3n) is 6.48. The molecule has 1 aromatic carbocycles. The van der Waals surface area contributed by atoms with Crippen molar-refractivity contribution in [3.8, 4) is 0 Å². The highest BCUT2D eigenvalue weighted by Gasteiger charge is 2.41. The Morgan fingerprint density at radius 2 is 2.06 bits per heavy atom. The van der Waals surface area contributed by atoms with Crippen LogP contribution in [0.4, 0.5) is 33.2 Å². The van der Waals surface area contributed by atoms with E-state index < -0.39 is 11.9 Å². The van der Waals surface area contributed by atoms with E-state index in [9.17, 15) is 9.18 Å². The highest BCUT2D eigenvalue weighted by atomic mass is 19.1. The Bertz CT molecular complexity index is 1390. The van der Waals surface area contributed by atoms with Crippen LogP contribution in [0.2, 0.25) is 0 Å². The van der Waals surface area contributed by atoms with Crippen LogP contribution in [0.1, 0.15) is 19.8 Å². The van der Waals surface area contributed by atoms with E-state index >= 15 is 0 Å². The molecule has 3 aromatic heterocycles. The average molecular weight is 475 g/mol. The second-order valence-electron chi connectivity index (χ2n) is 8.63. The first-order valence-electron chi connectivity index (χ1n) is 11.5. The van der Waals surface area contributed by atoms with Gasteiger partial charge in [0.15, 0.2) is 11.6 Å². The van der Waals surface area contributed by atoms with Crippen molar-refractivity contribution in [1.29, 1.82) is 0 Å². The van der Waals surface area contributed by atoms with Gasteiger partial charge < -0.3 is 15.0 Å². The SMILES string of the molecule is C[C@@H]1C(=O)N(c2cccnc2)c2cnc(Nc3cc(F)c4[nH]ncc4c3)nc2N1C1CCOCC1. The monoisotopic (exact) mass is 474 g/mol. The van der Waals surface area contributed by atoms with E-state index in [-0.39, 0.29) is 11.9 Å². The number of amides is 1. The van der Waals surface area contributed by atoms with Crippen LogP contribution in [0.15, 0.2) is 49.1 Å². The molecule has 0 saturated carbocycles. The van der Waals surface area contributed by atoms with E-state index in [4.69, 9.17) is 9.72 Å². The molecule has 1 amide bonds. The fourth-order valence-corrected chi connectivity index (χ4v) is 4.80. The number of ether oxygens (including phenoxy) is 1. The summed E-state index contributed by atoms with van der Waals surface area (Å²) < 4.78 is 20.0. The van der Waals surface area contributed by atoms with E-state index in [1.54, 1.807) is 41.8 Å². The summed E-state index contributed by atoms with van der Waals surface area (Å²) in [6, 6.07) is 6.41. The number of halogens is 1. The molecule has 1 saturated heterocycles. The van der Waals surface area contributed by atoms with E-state index in [0.29, 0.717) is 52.9 Å². The van der Waals surface area contributed by atoms with E-state index in [1.807, 2.05) is 13.0 Å². The molecule has 5 heterocycles. The van der Waals surface area contributed by atoms with Crippen LogP contribution in [-0.4, -0.2) is 56.4 Å². The molecule has 0 spiro atoms. The third kappa shape index (κ3) is 3.73. The van der Waals surface area contributed by atoms with Gasteiger partial charge >= 0.3 is 0 Å². The Balaban J connectivity index is 1.44. The quantitative estimate of drug-likeness (QED) is 0.461. The summed E-state index contributed by atoms with van der Waals surface area (Å²) in [5.41, 5.74) is 2.06. The Kier molecular flexibility index (Phi) is 5.25. The molecule has 2 N–H and O–H groups in total. The number of pyridine rings is 1. The number of aromatic amines is 1. The molecular formula is C24H23FN8O2. The molecule has 178 valence electrons. The fraction of sp³-hybridized carbons (Fsp3) is 0.292. The summed E-state index contributed by atoms with van der Waals surface area (Å²) in [4.78, 5) is 30.7. The highest BCUT2D eigenvalue weighted by molar-refractivity contribution is 6.09. The minimum Gasteiger partial charge on any atom is -0.381 e. The van der Waals surface area contributed by atoms with Crippen LogP contribution in [0.5, 0.6) is 0 Å². The van der Waals surface area contributed by atoms with Crippen molar-refractivity contribution in [3.63, 3.8) is 0 Å². The fourth-order valence-electron chi connectivity index (χ4n) is 4.80. The number of nitrogens with one attached hydrogen (secondary N) is 2.